The number of methoxy groups -OCH3 is 1. The molecular formula is C21H23N3O4. The number of furan rings is 1. The maximum Gasteiger partial charge on any atom is 0.241 e. The van der Waals surface area contributed by atoms with Gasteiger partial charge in [0.1, 0.15) is 16.9 Å². The molecule has 3 aromatic rings. The van der Waals surface area contributed by atoms with Gasteiger partial charge in [-0.15, -0.1) is 0 Å². The summed E-state index contributed by atoms with van der Waals surface area (Å²) in [5.41, 5.74) is 2.27. The van der Waals surface area contributed by atoms with Crippen molar-refractivity contribution in [2.75, 3.05) is 45.2 Å². The van der Waals surface area contributed by atoms with Gasteiger partial charge in [0.2, 0.25) is 11.8 Å². The summed E-state index contributed by atoms with van der Waals surface area (Å²) in [7, 11) is 1.61. The lowest BCUT2D eigenvalue weighted by atomic mass is 10.1. The minimum atomic E-state index is -0.00467. The number of nitrogens with zero attached hydrogens (tertiary/aromatic N) is 2. The third kappa shape index (κ3) is 3.35. The average molecular weight is 381 g/mol. The van der Waals surface area contributed by atoms with Gasteiger partial charge >= 0.3 is 0 Å². The van der Waals surface area contributed by atoms with E-state index in [2.05, 4.69) is 5.32 Å². The van der Waals surface area contributed by atoms with E-state index in [0.717, 1.165) is 21.9 Å². The Kier molecular flexibility index (Phi) is 4.81. The lowest BCUT2D eigenvalue weighted by Gasteiger charge is -2.34. The van der Waals surface area contributed by atoms with Crippen LogP contribution in [0.3, 0.4) is 0 Å². The number of rotatable bonds is 4. The van der Waals surface area contributed by atoms with Crippen LogP contribution >= 0.6 is 0 Å². The Hall–Kier alpha value is -3.22. The number of amides is 2. The summed E-state index contributed by atoms with van der Waals surface area (Å²) in [5.74, 6) is 0.706. The van der Waals surface area contributed by atoms with Gasteiger partial charge in [-0.2, -0.15) is 0 Å². The molecule has 7 nitrogen and oxygen atoms in total. The van der Waals surface area contributed by atoms with Crippen LogP contribution in [0.25, 0.3) is 21.9 Å². The molecule has 0 bridgehead atoms. The van der Waals surface area contributed by atoms with E-state index in [1.165, 1.54) is 0 Å². The maximum absolute atomic E-state index is 12.5. The highest BCUT2D eigenvalue weighted by Crippen LogP contribution is 2.36. The first-order valence-electron chi connectivity index (χ1n) is 9.33. The molecule has 146 valence electrons. The second kappa shape index (κ2) is 7.42. The summed E-state index contributed by atoms with van der Waals surface area (Å²) in [6.07, 6.45) is 0. The van der Waals surface area contributed by atoms with Gasteiger partial charge in [-0.25, -0.2) is 0 Å². The van der Waals surface area contributed by atoms with E-state index in [9.17, 15) is 9.59 Å². The summed E-state index contributed by atoms with van der Waals surface area (Å²) in [6, 6.07) is 11.7. The van der Waals surface area contributed by atoms with Crippen LogP contribution in [0.5, 0.6) is 5.75 Å². The number of anilines is 1. The average Bonchev–Trinajstić information content (AvgIpc) is 3.08. The maximum atomic E-state index is 12.5. The quantitative estimate of drug-likeness (QED) is 0.752. The molecule has 1 fully saturated rings. The van der Waals surface area contributed by atoms with Crippen molar-refractivity contribution < 1.29 is 18.7 Å². The van der Waals surface area contributed by atoms with Crippen molar-refractivity contribution in [1.29, 1.82) is 0 Å². The molecule has 4 rings (SSSR count). The monoisotopic (exact) mass is 381 g/mol. The van der Waals surface area contributed by atoms with Crippen LogP contribution in [-0.2, 0) is 9.59 Å². The van der Waals surface area contributed by atoms with Crippen LogP contribution < -0.4 is 10.1 Å². The number of ether oxygens (including phenoxy) is 1. The highest BCUT2D eigenvalue weighted by molar-refractivity contribution is 6.06. The Morgan fingerprint density at radius 2 is 1.75 bits per heavy atom. The molecular weight excluding hydrogens is 358 g/mol. The number of nitrogens with one attached hydrogen (secondary N) is 1. The topological polar surface area (TPSA) is 75.0 Å². The molecule has 2 heterocycles. The third-order valence-electron chi connectivity index (χ3n) is 5.21. The minimum Gasteiger partial charge on any atom is -0.495 e. The lowest BCUT2D eigenvalue weighted by molar-refractivity contribution is -0.137. The highest BCUT2D eigenvalue weighted by Gasteiger charge is 2.22. The molecule has 1 aliphatic heterocycles. The van der Waals surface area contributed by atoms with E-state index < -0.39 is 0 Å². The summed E-state index contributed by atoms with van der Waals surface area (Å²) >= 11 is 0. The van der Waals surface area contributed by atoms with Crippen molar-refractivity contribution in [3.05, 3.63) is 36.4 Å². The Balaban J connectivity index is 1.49. The Labute approximate surface area is 162 Å². The van der Waals surface area contributed by atoms with Gasteiger partial charge in [0.15, 0.2) is 0 Å². The molecule has 0 atom stereocenters. The number of hydrogen-bond donors (Lipinski definition) is 1. The number of hydrogen-bond acceptors (Lipinski definition) is 5. The predicted molar refractivity (Wildman–Crippen MR) is 108 cm³/mol. The fourth-order valence-electron chi connectivity index (χ4n) is 3.61. The molecule has 0 radical (unpaired) electrons. The van der Waals surface area contributed by atoms with Crippen molar-refractivity contribution in [1.82, 2.24) is 9.80 Å². The van der Waals surface area contributed by atoms with Crippen molar-refractivity contribution in [2.24, 2.45) is 0 Å². The smallest absolute Gasteiger partial charge is 0.241 e. The second-order valence-electron chi connectivity index (χ2n) is 6.89. The van der Waals surface area contributed by atoms with E-state index in [-0.39, 0.29) is 18.4 Å². The van der Waals surface area contributed by atoms with E-state index in [4.69, 9.17) is 9.15 Å². The van der Waals surface area contributed by atoms with Gasteiger partial charge in [0, 0.05) is 49.9 Å². The number of piperazine rings is 1. The Morgan fingerprint density at radius 3 is 2.46 bits per heavy atom. The molecule has 0 aliphatic carbocycles. The first-order valence-corrected chi connectivity index (χ1v) is 9.33. The van der Waals surface area contributed by atoms with Crippen molar-refractivity contribution in [3.8, 4) is 5.75 Å². The van der Waals surface area contributed by atoms with Crippen LogP contribution in [0.4, 0.5) is 5.69 Å². The molecule has 28 heavy (non-hydrogen) atoms. The first-order chi connectivity index (χ1) is 13.6. The van der Waals surface area contributed by atoms with E-state index in [0.29, 0.717) is 37.6 Å². The van der Waals surface area contributed by atoms with Crippen LogP contribution in [0, 0.1) is 0 Å². The fraction of sp³-hybridized carbons (Fsp3) is 0.333. The number of para-hydroxylation sites is 1. The largest absolute Gasteiger partial charge is 0.495 e. The Morgan fingerprint density at radius 1 is 1.04 bits per heavy atom. The van der Waals surface area contributed by atoms with E-state index in [1.807, 2.05) is 36.4 Å². The van der Waals surface area contributed by atoms with Gasteiger partial charge in [-0.05, 0) is 12.1 Å². The first kappa shape index (κ1) is 18.2. The Bertz CT molecular complexity index is 1030. The highest BCUT2D eigenvalue weighted by atomic mass is 16.5. The molecule has 1 N–H and O–H groups in total. The van der Waals surface area contributed by atoms with Crippen LogP contribution in [0.15, 0.2) is 40.8 Å². The van der Waals surface area contributed by atoms with Crippen LogP contribution in [-0.4, -0.2) is 61.4 Å². The van der Waals surface area contributed by atoms with Gasteiger partial charge in [0.05, 0.1) is 19.3 Å². The SMILES string of the molecule is COc1cc2c(cc1NCC(=O)N1CCN(C(C)=O)CC1)oc1ccccc12. The summed E-state index contributed by atoms with van der Waals surface area (Å²) in [4.78, 5) is 27.5. The molecule has 2 aromatic carbocycles. The number of carbonyl (C=O) groups is 2. The zero-order valence-corrected chi connectivity index (χ0v) is 16.0. The van der Waals surface area contributed by atoms with E-state index in [1.54, 1.807) is 23.8 Å². The minimum absolute atomic E-state index is 0.00467. The molecule has 0 unspecified atom stereocenters. The zero-order valence-electron chi connectivity index (χ0n) is 16.0. The molecule has 1 saturated heterocycles. The number of carbonyl (C=O) groups excluding carboxylic acids is 2. The van der Waals surface area contributed by atoms with Gasteiger partial charge in [-0.1, -0.05) is 18.2 Å². The van der Waals surface area contributed by atoms with Crippen LogP contribution in [0.2, 0.25) is 0 Å². The van der Waals surface area contributed by atoms with E-state index >= 15 is 0 Å². The van der Waals surface area contributed by atoms with Crippen molar-refractivity contribution in [2.45, 2.75) is 6.92 Å². The number of fused-ring (bicyclic) bond motifs is 3. The summed E-state index contributed by atoms with van der Waals surface area (Å²) < 4.78 is 11.4. The standard InChI is InChI=1S/C21H23N3O4/c1-14(25)23-7-9-24(10-8-23)21(26)13-22-17-12-19-16(11-20(17)27-2)15-5-3-4-6-18(15)28-19/h3-6,11-12,22H,7-10,13H2,1-2H3. The molecule has 1 aliphatic rings. The second-order valence-corrected chi connectivity index (χ2v) is 6.89. The fourth-order valence-corrected chi connectivity index (χ4v) is 3.61. The number of benzene rings is 2. The van der Waals surface area contributed by atoms with Gasteiger partial charge < -0.3 is 24.3 Å². The molecule has 0 spiro atoms. The third-order valence-corrected chi connectivity index (χ3v) is 5.21. The molecule has 0 saturated carbocycles. The zero-order chi connectivity index (χ0) is 19.7. The van der Waals surface area contributed by atoms with Gasteiger partial charge in [-0.3, -0.25) is 9.59 Å². The normalized spacial score (nSPS) is 14.5. The van der Waals surface area contributed by atoms with Gasteiger partial charge in [0.25, 0.3) is 0 Å². The molecule has 1 aromatic heterocycles. The predicted octanol–water partition coefficient (Wildman–Crippen LogP) is 2.70. The van der Waals surface area contributed by atoms with Crippen LogP contribution in [0.1, 0.15) is 6.92 Å². The molecule has 2 amide bonds. The lowest BCUT2D eigenvalue weighted by Crippen LogP contribution is -2.51. The molecule has 7 heteroatoms. The summed E-state index contributed by atoms with van der Waals surface area (Å²) in [6.45, 7) is 3.98. The van der Waals surface area contributed by atoms with Crippen molar-refractivity contribution in [3.63, 3.8) is 0 Å². The summed E-state index contributed by atoms with van der Waals surface area (Å²) in [5, 5.41) is 5.18. The van der Waals surface area contributed by atoms with Crippen molar-refractivity contribution >= 4 is 39.4 Å².